The molecule has 24 heavy (non-hydrogen) atoms. The number of nitrogens with zero attached hydrogens (tertiary/aromatic N) is 2. The summed E-state index contributed by atoms with van der Waals surface area (Å²) in [6.07, 6.45) is 1.28. The maximum Gasteiger partial charge on any atom is 0.248 e. The predicted octanol–water partition coefficient (Wildman–Crippen LogP) is 1.83. The van der Waals surface area contributed by atoms with Gasteiger partial charge in [0.05, 0.1) is 13.2 Å². The smallest absolute Gasteiger partial charge is 0.248 e. The highest BCUT2D eigenvalue weighted by Gasteiger charge is 2.13. The lowest BCUT2D eigenvalue weighted by Crippen LogP contribution is -2.36. The molecule has 1 saturated heterocycles. The van der Waals surface area contributed by atoms with Crippen LogP contribution < -0.4 is 10.0 Å². The highest BCUT2D eigenvalue weighted by Crippen LogP contribution is 2.25. The second kappa shape index (κ2) is 6.61. The second-order valence-electron chi connectivity index (χ2n) is 5.56. The Morgan fingerprint density at radius 3 is 2.50 bits per heavy atom. The highest BCUT2D eigenvalue weighted by atomic mass is 32.2. The molecule has 0 amide bonds. The summed E-state index contributed by atoms with van der Waals surface area (Å²) in [7, 11) is -4.01. The zero-order chi connectivity index (χ0) is 17.2. The van der Waals surface area contributed by atoms with Crippen LogP contribution in [0.2, 0.25) is 0 Å². The van der Waals surface area contributed by atoms with Crippen LogP contribution in [0.1, 0.15) is 5.56 Å². The van der Waals surface area contributed by atoms with Gasteiger partial charge in [0.2, 0.25) is 10.0 Å². The normalized spacial score (nSPS) is 16.2. The molecule has 1 fully saturated rings. The van der Waals surface area contributed by atoms with Crippen LogP contribution in [0, 0.1) is 11.3 Å². The van der Waals surface area contributed by atoms with Crippen LogP contribution in [0.3, 0.4) is 0 Å². The maximum absolute atomic E-state index is 11.3. The van der Waals surface area contributed by atoms with Crippen LogP contribution in [-0.4, -0.2) is 34.7 Å². The molecule has 1 aliphatic heterocycles. The summed E-state index contributed by atoms with van der Waals surface area (Å²) < 4.78 is 28.0. The average Bonchev–Trinajstić information content (AvgIpc) is 2.59. The third kappa shape index (κ3) is 3.57. The molecule has 2 N–H and O–H groups in total. The Bertz CT molecular complexity index is 939. The Hall–Kier alpha value is -2.40. The van der Waals surface area contributed by atoms with Crippen molar-refractivity contribution >= 4 is 32.6 Å². The number of anilines is 1. The average molecular weight is 343 g/mol. The summed E-state index contributed by atoms with van der Waals surface area (Å²) >= 11 is 0. The molecule has 0 atom stereocenters. The van der Waals surface area contributed by atoms with E-state index in [0.29, 0.717) is 5.56 Å². The minimum atomic E-state index is -4.01. The number of primary sulfonamides is 1. The van der Waals surface area contributed by atoms with Gasteiger partial charge in [-0.25, -0.2) is 13.6 Å². The largest absolute Gasteiger partial charge is 0.378 e. The van der Waals surface area contributed by atoms with E-state index < -0.39 is 14.9 Å². The Labute approximate surface area is 140 Å². The van der Waals surface area contributed by atoms with E-state index in [1.165, 1.54) is 6.08 Å². The Morgan fingerprint density at radius 1 is 1.17 bits per heavy atom. The molecule has 124 valence electrons. The van der Waals surface area contributed by atoms with Gasteiger partial charge in [-0.1, -0.05) is 18.2 Å². The molecule has 6 nitrogen and oxygen atoms in total. The molecule has 7 heteroatoms. The fourth-order valence-electron chi connectivity index (χ4n) is 2.69. The van der Waals surface area contributed by atoms with Crippen molar-refractivity contribution in [3.8, 4) is 6.07 Å². The van der Waals surface area contributed by atoms with E-state index in [1.54, 1.807) is 12.1 Å². The molecule has 0 bridgehead atoms. The second-order valence-corrected chi connectivity index (χ2v) is 7.09. The lowest BCUT2D eigenvalue weighted by Gasteiger charge is -2.29. The number of hydrogen-bond donors (Lipinski definition) is 1. The third-order valence-corrected chi connectivity index (χ3v) is 4.76. The van der Waals surface area contributed by atoms with Gasteiger partial charge < -0.3 is 9.64 Å². The summed E-state index contributed by atoms with van der Waals surface area (Å²) in [5.74, 6) is 0. The summed E-state index contributed by atoms with van der Waals surface area (Å²) in [6, 6.07) is 13.2. The first-order valence-corrected chi connectivity index (χ1v) is 9.03. The van der Waals surface area contributed by atoms with Crippen molar-refractivity contribution in [1.29, 1.82) is 5.26 Å². The van der Waals surface area contributed by atoms with Crippen LogP contribution in [-0.2, 0) is 14.8 Å². The van der Waals surface area contributed by atoms with Gasteiger partial charge in [0.15, 0.2) is 4.91 Å². The summed E-state index contributed by atoms with van der Waals surface area (Å²) in [4.78, 5) is 1.82. The van der Waals surface area contributed by atoms with E-state index in [-0.39, 0.29) is 0 Å². The lowest BCUT2D eigenvalue weighted by molar-refractivity contribution is 0.122. The molecule has 3 rings (SSSR count). The van der Waals surface area contributed by atoms with E-state index in [1.807, 2.05) is 24.3 Å². The van der Waals surface area contributed by atoms with Crippen molar-refractivity contribution in [2.45, 2.75) is 0 Å². The fourth-order valence-corrected chi connectivity index (χ4v) is 3.12. The number of benzene rings is 2. The monoisotopic (exact) mass is 343 g/mol. The highest BCUT2D eigenvalue weighted by molar-refractivity contribution is 7.93. The molecule has 1 aliphatic rings. The van der Waals surface area contributed by atoms with Gasteiger partial charge in [0.25, 0.3) is 0 Å². The zero-order valence-electron chi connectivity index (χ0n) is 13.0. The van der Waals surface area contributed by atoms with Crippen LogP contribution in [0.4, 0.5) is 5.69 Å². The van der Waals surface area contributed by atoms with Gasteiger partial charge >= 0.3 is 0 Å². The molecule has 2 aromatic rings. The molecular weight excluding hydrogens is 326 g/mol. The van der Waals surface area contributed by atoms with Crippen molar-refractivity contribution in [3.63, 3.8) is 0 Å². The minimum absolute atomic E-state index is 0.452. The van der Waals surface area contributed by atoms with Crippen LogP contribution >= 0.6 is 0 Å². The molecule has 1 heterocycles. The number of ether oxygens (including phenoxy) is 1. The van der Waals surface area contributed by atoms with Crippen LogP contribution in [0.15, 0.2) is 41.3 Å². The van der Waals surface area contributed by atoms with Crippen LogP contribution in [0.25, 0.3) is 16.8 Å². The Balaban J connectivity index is 1.95. The number of nitrogens with two attached hydrogens (primary N) is 1. The predicted molar refractivity (Wildman–Crippen MR) is 93.7 cm³/mol. The maximum atomic E-state index is 11.3. The zero-order valence-corrected chi connectivity index (χ0v) is 13.8. The quantitative estimate of drug-likeness (QED) is 0.858. The van der Waals surface area contributed by atoms with E-state index in [4.69, 9.17) is 15.1 Å². The van der Waals surface area contributed by atoms with Crippen LogP contribution in [0.5, 0.6) is 0 Å². The minimum Gasteiger partial charge on any atom is -0.378 e. The Kier molecular flexibility index (Phi) is 4.53. The summed E-state index contributed by atoms with van der Waals surface area (Å²) in [5.41, 5.74) is 1.75. The van der Waals surface area contributed by atoms with Gasteiger partial charge in [0, 0.05) is 18.8 Å². The number of fused-ring (bicyclic) bond motifs is 1. The number of nitriles is 1. The van der Waals surface area contributed by atoms with Gasteiger partial charge in [-0.15, -0.1) is 0 Å². The molecule has 0 aromatic heterocycles. The first-order valence-electron chi connectivity index (χ1n) is 7.48. The topological polar surface area (TPSA) is 96.4 Å². The number of rotatable bonds is 3. The first-order chi connectivity index (χ1) is 11.5. The first kappa shape index (κ1) is 16.5. The number of morpholine rings is 1. The number of sulfonamides is 1. The lowest BCUT2D eigenvalue weighted by atomic mass is 10.1. The SMILES string of the molecule is N#C/C(=C\c1ccc2cc(N3CCOCC3)ccc2c1)S(N)(=O)=O. The summed E-state index contributed by atoms with van der Waals surface area (Å²) in [5, 5.41) is 16.0. The molecule has 0 radical (unpaired) electrons. The molecule has 2 aromatic carbocycles. The number of hydrogen-bond acceptors (Lipinski definition) is 5. The van der Waals surface area contributed by atoms with Crippen molar-refractivity contribution in [3.05, 3.63) is 46.9 Å². The standard InChI is InChI=1S/C17H17N3O3S/c18-12-17(24(19,21)22)10-13-1-2-15-11-16(4-3-14(15)9-13)20-5-7-23-8-6-20/h1-4,9-11H,5-8H2,(H2,19,21,22)/b17-10+. The van der Waals surface area contributed by atoms with E-state index in [9.17, 15) is 8.42 Å². The van der Waals surface area contributed by atoms with Crippen molar-refractivity contribution in [1.82, 2.24) is 0 Å². The van der Waals surface area contributed by atoms with E-state index >= 15 is 0 Å². The van der Waals surface area contributed by atoms with Crippen molar-refractivity contribution < 1.29 is 13.2 Å². The molecule has 0 spiro atoms. The molecule has 0 unspecified atom stereocenters. The van der Waals surface area contributed by atoms with E-state index in [0.717, 1.165) is 42.8 Å². The molecular formula is C17H17N3O3S. The number of allylic oxidation sites excluding steroid dienone is 1. The fraction of sp³-hybridized carbons (Fsp3) is 0.235. The summed E-state index contributed by atoms with van der Waals surface area (Å²) in [6.45, 7) is 3.19. The third-order valence-electron chi connectivity index (χ3n) is 3.94. The van der Waals surface area contributed by atoms with Gasteiger partial charge in [0.1, 0.15) is 6.07 Å². The molecule has 0 saturated carbocycles. The Morgan fingerprint density at radius 2 is 1.83 bits per heavy atom. The van der Waals surface area contributed by atoms with E-state index in [2.05, 4.69) is 11.0 Å². The van der Waals surface area contributed by atoms with Crippen molar-refractivity contribution in [2.75, 3.05) is 31.2 Å². The van der Waals surface area contributed by atoms with Crippen molar-refractivity contribution in [2.24, 2.45) is 5.14 Å². The van der Waals surface area contributed by atoms with Gasteiger partial charge in [-0.05, 0) is 40.6 Å². The van der Waals surface area contributed by atoms with Gasteiger partial charge in [-0.2, -0.15) is 5.26 Å². The molecule has 0 aliphatic carbocycles. The van der Waals surface area contributed by atoms with Gasteiger partial charge in [-0.3, -0.25) is 0 Å².